The Morgan fingerprint density at radius 3 is 2.58 bits per heavy atom. The number of carbonyl (C=O) groups excluding carboxylic acids is 1. The van der Waals surface area contributed by atoms with Crippen molar-refractivity contribution in [2.24, 2.45) is 11.8 Å². The quantitative estimate of drug-likeness (QED) is 0.760. The molecule has 2 aliphatic rings. The first-order valence-electron chi connectivity index (χ1n) is 7.77. The number of piperidine rings is 1. The second-order valence-electron chi connectivity index (χ2n) is 6.62. The molecule has 1 saturated heterocycles. The summed E-state index contributed by atoms with van der Waals surface area (Å²) in [6.45, 7) is 10.3. The molecule has 4 nitrogen and oxygen atoms in total. The van der Waals surface area contributed by atoms with Crippen LogP contribution in [0.15, 0.2) is 0 Å². The van der Waals surface area contributed by atoms with Crippen molar-refractivity contribution < 1.29 is 4.79 Å². The Morgan fingerprint density at radius 1 is 1.26 bits per heavy atom. The minimum absolute atomic E-state index is 0.0741. The largest absolute Gasteiger partial charge is 0.355 e. The lowest BCUT2D eigenvalue weighted by Gasteiger charge is -2.40. The lowest BCUT2D eigenvalue weighted by atomic mass is 9.85. The van der Waals surface area contributed by atoms with E-state index in [1.807, 2.05) is 0 Å². The van der Waals surface area contributed by atoms with Crippen molar-refractivity contribution in [2.45, 2.75) is 52.1 Å². The Kier molecular flexibility index (Phi) is 5.22. The van der Waals surface area contributed by atoms with Crippen molar-refractivity contribution >= 4 is 5.91 Å². The van der Waals surface area contributed by atoms with E-state index in [2.05, 4.69) is 29.4 Å². The summed E-state index contributed by atoms with van der Waals surface area (Å²) in [5.41, 5.74) is 0. The van der Waals surface area contributed by atoms with Crippen LogP contribution in [0.3, 0.4) is 0 Å². The van der Waals surface area contributed by atoms with Gasteiger partial charge in [0.2, 0.25) is 5.91 Å². The maximum absolute atomic E-state index is 10.9. The topological polar surface area (TPSA) is 44.4 Å². The van der Waals surface area contributed by atoms with E-state index in [0.29, 0.717) is 6.04 Å². The van der Waals surface area contributed by atoms with Crippen LogP contribution in [-0.4, -0.2) is 49.1 Å². The average molecular weight is 267 g/mol. The van der Waals surface area contributed by atoms with Crippen LogP contribution in [0, 0.1) is 11.8 Å². The first kappa shape index (κ1) is 14.8. The van der Waals surface area contributed by atoms with E-state index < -0.39 is 0 Å². The van der Waals surface area contributed by atoms with E-state index >= 15 is 0 Å². The molecule has 2 N–H and O–H groups in total. The van der Waals surface area contributed by atoms with E-state index in [1.165, 1.54) is 25.8 Å². The fraction of sp³-hybridized carbons (Fsp3) is 0.933. The molecule has 4 heteroatoms. The lowest BCUT2D eigenvalue weighted by Crippen LogP contribution is -2.52. The predicted molar refractivity (Wildman–Crippen MR) is 78.0 cm³/mol. The minimum atomic E-state index is 0.0741. The highest BCUT2D eigenvalue weighted by molar-refractivity contribution is 5.72. The smallest absolute Gasteiger partial charge is 0.216 e. The van der Waals surface area contributed by atoms with Crippen molar-refractivity contribution in [2.75, 3.05) is 26.2 Å². The molecular formula is C15H29N3O. The number of rotatable bonds is 6. The number of hydrogen-bond acceptors (Lipinski definition) is 3. The number of hydrogen-bond donors (Lipinski definition) is 2. The SMILES string of the molecule is CC(=O)NCCN1CC(NC2CC2)CC(C(C)C)C1. The first-order valence-corrected chi connectivity index (χ1v) is 7.77. The van der Waals surface area contributed by atoms with Gasteiger partial charge in [0, 0.05) is 45.2 Å². The van der Waals surface area contributed by atoms with Gasteiger partial charge in [-0.25, -0.2) is 0 Å². The van der Waals surface area contributed by atoms with Crippen LogP contribution in [0.2, 0.25) is 0 Å². The van der Waals surface area contributed by atoms with Crippen LogP contribution in [0.1, 0.15) is 40.0 Å². The zero-order valence-electron chi connectivity index (χ0n) is 12.6. The molecule has 19 heavy (non-hydrogen) atoms. The van der Waals surface area contributed by atoms with Crippen molar-refractivity contribution in [3.05, 3.63) is 0 Å². The number of likely N-dealkylation sites (tertiary alicyclic amines) is 1. The molecule has 0 bridgehead atoms. The molecule has 0 radical (unpaired) electrons. The van der Waals surface area contributed by atoms with Crippen LogP contribution in [-0.2, 0) is 4.79 Å². The monoisotopic (exact) mass is 267 g/mol. The summed E-state index contributed by atoms with van der Waals surface area (Å²) in [4.78, 5) is 13.5. The third-order valence-corrected chi connectivity index (χ3v) is 4.35. The fourth-order valence-corrected chi connectivity index (χ4v) is 2.99. The van der Waals surface area contributed by atoms with Gasteiger partial charge in [0.25, 0.3) is 0 Å². The molecule has 1 amide bonds. The van der Waals surface area contributed by atoms with Crippen LogP contribution in [0.4, 0.5) is 0 Å². The summed E-state index contributed by atoms with van der Waals surface area (Å²) in [7, 11) is 0. The van der Waals surface area contributed by atoms with Gasteiger partial charge in [0.1, 0.15) is 0 Å². The molecule has 1 aliphatic heterocycles. The van der Waals surface area contributed by atoms with Crippen molar-refractivity contribution in [1.82, 2.24) is 15.5 Å². The molecule has 0 aromatic carbocycles. The molecule has 1 saturated carbocycles. The molecule has 2 rings (SSSR count). The van der Waals surface area contributed by atoms with Gasteiger partial charge in [-0.3, -0.25) is 9.69 Å². The highest BCUT2D eigenvalue weighted by Crippen LogP contribution is 2.27. The number of nitrogens with one attached hydrogen (secondary N) is 2. The average Bonchev–Trinajstić information content (AvgIpc) is 3.12. The summed E-state index contributed by atoms with van der Waals surface area (Å²) in [6.07, 6.45) is 4.02. The second kappa shape index (κ2) is 6.71. The zero-order valence-corrected chi connectivity index (χ0v) is 12.6. The van der Waals surface area contributed by atoms with Crippen LogP contribution in [0.5, 0.6) is 0 Å². The second-order valence-corrected chi connectivity index (χ2v) is 6.62. The molecule has 2 fully saturated rings. The molecule has 2 unspecified atom stereocenters. The maximum atomic E-state index is 10.9. The summed E-state index contributed by atoms with van der Waals surface area (Å²) in [5, 5.41) is 6.68. The van der Waals surface area contributed by atoms with Gasteiger partial charge >= 0.3 is 0 Å². The molecule has 1 aliphatic carbocycles. The van der Waals surface area contributed by atoms with E-state index in [0.717, 1.165) is 37.5 Å². The molecule has 0 spiro atoms. The van der Waals surface area contributed by atoms with Crippen molar-refractivity contribution in [1.29, 1.82) is 0 Å². The number of amides is 1. The fourth-order valence-electron chi connectivity index (χ4n) is 2.99. The molecular weight excluding hydrogens is 238 g/mol. The summed E-state index contributed by atoms with van der Waals surface area (Å²) >= 11 is 0. The highest BCUT2D eigenvalue weighted by Gasteiger charge is 2.32. The third kappa shape index (κ3) is 5.11. The molecule has 2 atom stereocenters. The summed E-state index contributed by atoms with van der Waals surface area (Å²) < 4.78 is 0. The van der Waals surface area contributed by atoms with Gasteiger partial charge in [-0.05, 0) is 31.1 Å². The Bertz CT molecular complexity index is 302. The maximum Gasteiger partial charge on any atom is 0.216 e. The standard InChI is InChI=1S/C15H29N3O/c1-11(2)13-8-15(17-14-4-5-14)10-18(9-13)7-6-16-12(3)19/h11,13-15,17H,4-10H2,1-3H3,(H,16,19). The summed E-state index contributed by atoms with van der Waals surface area (Å²) in [5.74, 6) is 1.60. The van der Waals surface area contributed by atoms with Crippen LogP contribution < -0.4 is 10.6 Å². The van der Waals surface area contributed by atoms with Gasteiger partial charge in [-0.15, -0.1) is 0 Å². The van der Waals surface area contributed by atoms with E-state index in [9.17, 15) is 4.79 Å². The molecule has 110 valence electrons. The van der Waals surface area contributed by atoms with E-state index in [1.54, 1.807) is 6.92 Å². The Labute approximate surface area is 117 Å². The Balaban J connectivity index is 1.80. The van der Waals surface area contributed by atoms with Gasteiger partial charge < -0.3 is 10.6 Å². The summed E-state index contributed by atoms with van der Waals surface area (Å²) in [6, 6.07) is 1.43. The molecule has 1 heterocycles. The van der Waals surface area contributed by atoms with E-state index in [4.69, 9.17) is 0 Å². The zero-order chi connectivity index (χ0) is 13.8. The van der Waals surface area contributed by atoms with E-state index in [-0.39, 0.29) is 5.91 Å². The minimum Gasteiger partial charge on any atom is -0.355 e. The van der Waals surface area contributed by atoms with Crippen molar-refractivity contribution in [3.8, 4) is 0 Å². The van der Waals surface area contributed by atoms with Crippen LogP contribution >= 0.6 is 0 Å². The van der Waals surface area contributed by atoms with Gasteiger partial charge in [-0.1, -0.05) is 13.8 Å². The normalized spacial score (nSPS) is 28.6. The number of carbonyl (C=O) groups is 1. The van der Waals surface area contributed by atoms with Crippen molar-refractivity contribution in [3.63, 3.8) is 0 Å². The van der Waals surface area contributed by atoms with Gasteiger partial charge in [-0.2, -0.15) is 0 Å². The third-order valence-electron chi connectivity index (χ3n) is 4.35. The van der Waals surface area contributed by atoms with Crippen LogP contribution in [0.25, 0.3) is 0 Å². The van der Waals surface area contributed by atoms with Gasteiger partial charge in [0.15, 0.2) is 0 Å². The Hall–Kier alpha value is -0.610. The first-order chi connectivity index (χ1) is 9.04. The lowest BCUT2D eigenvalue weighted by molar-refractivity contribution is -0.119. The molecule has 0 aromatic heterocycles. The number of nitrogens with zero attached hydrogens (tertiary/aromatic N) is 1. The highest BCUT2D eigenvalue weighted by atomic mass is 16.1. The predicted octanol–water partition coefficient (Wildman–Crippen LogP) is 1.22. The Morgan fingerprint density at radius 2 is 2.00 bits per heavy atom. The van der Waals surface area contributed by atoms with Gasteiger partial charge in [0.05, 0.1) is 0 Å². The molecule has 0 aromatic rings.